The number of hydrogen-bond acceptors (Lipinski definition) is 9. The molecule has 1 fully saturated rings. The number of nitrogens with zero attached hydrogens (tertiary/aromatic N) is 3. The summed E-state index contributed by atoms with van der Waals surface area (Å²) in [4.78, 5) is 23.7. The smallest absolute Gasteiger partial charge is 0.235 e. The van der Waals surface area contributed by atoms with E-state index < -0.39 is 12.2 Å². The van der Waals surface area contributed by atoms with Gasteiger partial charge in [-0.25, -0.2) is 9.97 Å². The number of aromatic nitrogens is 2. The lowest BCUT2D eigenvalue weighted by Crippen LogP contribution is -2.53. The van der Waals surface area contributed by atoms with Crippen LogP contribution in [0, 0.1) is 0 Å². The van der Waals surface area contributed by atoms with Crippen LogP contribution in [0.1, 0.15) is 23.8 Å². The fourth-order valence-electron chi connectivity index (χ4n) is 4.62. The molecule has 4 heterocycles. The summed E-state index contributed by atoms with van der Waals surface area (Å²) < 4.78 is 5.25. The number of carbonyl (C=O) groups is 1. The number of β-amino-alcohol motifs (C(OH)–C–C–N with tert-alkyl or cyclic N) is 2. The van der Waals surface area contributed by atoms with Gasteiger partial charge in [-0.15, -0.1) is 11.8 Å². The maximum Gasteiger partial charge on any atom is 0.235 e. The van der Waals surface area contributed by atoms with Crippen molar-refractivity contribution in [2.45, 2.75) is 36.1 Å². The Kier molecular flexibility index (Phi) is 7.17. The van der Waals surface area contributed by atoms with E-state index in [-0.39, 0.29) is 11.9 Å². The third kappa shape index (κ3) is 5.41. The molecule has 2 aromatic heterocycles. The van der Waals surface area contributed by atoms with E-state index in [0.29, 0.717) is 37.1 Å². The van der Waals surface area contributed by atoms with Crippen LogP contribution in [0.5, 0.6) is 5.88 Å². The van der Waals surface area contributed by atoms with E-state index in [9.17, 15) is 15.0 Å². The van der Waals surface area contributed by atoms with Crippen LogP contribution in [0.3, 0.4) is 0 Å². The van der Waals surface area contributed by atoms with Gasteiger partial charge in [-0.05, 0) is 31.2 Å². The Labute approximate surface area is 207 Å². The number of piperidine rings is 1. The van der Waals surface area contributed by atoms with Crippen LogP contribution in [0.25, 0.3) is 10.9 Å². The Morgan fingerprint density at radius 3 is 2.97 bits per heavy atom. The lowest BCUT2D eigenvalue weighted by Gasteiger charge is -2.37. The molecular formula is C25H29N5O4S. The van der Waals surface area contributed by atoms with Gasteiger partial charge < -0.3 is 25.6 Å². The summed E-state index contributed by atoms with van der Waals surface area (Å²) in [5, 5.41) is 28.9. The second kappa shape index (κ2) is 10.5. The standard InChI is InChI=1S/C25H29N5O4S/c1-34-23-8-5-15-3-2-4-17(24(15)29-23)19(31)12-30-10-9-18(20(32)13-30)26-11-16-6-7-21-25(27-16)28-22(33)14-35-21/h2-8,18-20,26,31-32H,9-14H2,1H3,(H,27,28,33)/t18-,19?,20-/m1/s1. The predicted octanol–water partition coefficient (Wildman–Crippen LogP) is 1.94. The number of aliphatic hydroxyl groups is 2. The normalized spacial score (nSPS) is 21.4. The summed E-state index contributed by atoms with van der Waals surface area (Å²) in [6, 6.07) is 13.3. The third-order valence-corrected chi connectivity index (χ3v) is 7.52. The number of aliphatic hydroxyl groups excluding tert-OH is 2. The summed E-state index contributed by atoms with van der Waals surface area (Å²) in [5.74, 6) is 1.49. The van der Waals surface area contributed by atoms with Gasteiger partial charge in [0.05, 0.1) is 41.2 Å². The molecule has 5 rings (SSSR count). The molecule has 4 N–H and O–H groups in total. The zero-order chi connectivity index (χ0) is 24.4. The molecule has 3 atom stereocenters. The fourth-order valence-corrected chi connectivity index (χ4v) is 5.37. The third-order valence-electron chi connectivity index (χ3n) is 6.47. The van der Waals surface area contributed by atoms with Crippen LogP contribution in [0.4, 0.5) is 5.82 Å². The van der Waals surface area contributed by atoms with Gasteiger partial charge in [0.25, 0.3) is 0 Å². The largest absolute Gasteiger partial charge is 0.481 e. The van der Waals surface area contributed by atoms with Crippen LogP contribution in [0.15, 0.2) is 47.4 Å². The van der Waals surface area contributed by atoms with E-state index in [1.54, 1.807) is 13.2 Å². The molecule has 184 valence electrons. The molecular weight excluding hydrogens is 466 g/mol. The summed E-state index contributed by atoms with van der Waals surface area (Å²) >= 11 is 1.49. The number of likely N-dealkylation sites (tertiary alicyclic amines) is 1. The van der Waals surface area contributed by atoms with Crippen LogP contribution >= 0.6 is 11.8 Å². The van der Waals surface area contributed by atoms with Crippen LogP contribution < -0.4 is 15.4 Å². The number of methoxy groups -OCH3 is 1. The molecule has 10 heteroatoms. The molecule has 0 aliphatic carbocycles. The van der Waals surface area contributed by atoms with Gasteiger partial charge in [0.1, 0.15) is 5.82 Å². The van der Waals surface area contributed by atoms with Crippen molar-refractivity contribution >= 4 is 34.4 Å². The number of benzene rings is 1. The van der Waals surface area contributed by atoms with Gasteiger partial charge in [0.15, 0.2) is 0 Å². The number of para-hydroxylation sites is 1. The monoisotopic (exact) mass is 495 g/mol. The zero-order valence-corrected chi connectivity index (χ0v) is 20.3. The Balaban J connectivity index is 1.17. The van der Waals surface area contributed by atoms with E-state index in [2.05, 4.69) is 25.5 Å². The van der Waals surface area contributed by atoms with Crippen molar-refractivity contribution in [3.8, 4) is 5.88 Å². The lowest BCUT2D eigenvalue weighted by atomic mass is 9.99. The second-order valence-electron chi connectivity index (χ2n) is 8.88. The average Bonchev–Trinajstić information content (AvgIpc) is 2.87. The first-order valence-electron chi connectivity index (χ1n) is 11.7. The van der Waals surface area contributed by atoms with Crippen molar-refractivity contribution < 1.29 is 19.7 Å². The minimum atomic E-state index is -0.734. The van der Waals surface area contributed by atoms with E-state index in [1.165, 1.54) is 11.8 Å². The molecule has 0 bridgehead atoms. The number of pyridine rings is 2. The molecule has 3 aromatic rings. The highest BCUT2D eigenvalue weighted by atomic mass is 32.2. The van der Waals surface area contributed by atoms with Crippen LogP contribution in [0.2, 0.25) is 0 Å². The highest BCUT2D eigenvalue weighted by Crippen LogP contribution is 2.30. The zero-order valence-electron chi connectivity index (χ0n) is 19.5. The number of anilines is 1. The van der Waals surface area contributed by atoms with Crippen molar-refractivity contribution in [2.24, 2.45) is 0 Å². The Morgan fingerprint density at radius 2 is 2.14 bits per heavy atom. The van der Waals surface area contributed by atoms with Crippen molar-refractivity contribution in [1.29, 1.82) is 0 Å². The Morgan fingerprint density at radius 1 is 1.26 bits per heavy atom. The molecule has 35 heavy (non-hydrogen) atoms. The fraction of sp³-hybridized carbons (Fsp3) is 0.400. The first kappa shape index (κ1) is 24.0. The highest BCUT2D eigenvalue weighted by Gasteiger charge is 2.29. The minimum absolute atomic E-state index is 0.0384. The topological polar surface area (TPSA) is 120 Å². The van der Waals surface area contributed by atoms with Gasteiger partial charge in [-0.3, -0.25) is 9.69 Å². The van der Waals surface area contributed by atoms with Crippen LogP contribution in [-0.4, -0.2) is 75.6 Å². The van der Waals surface area contributed by atoms with Gasteiger partial charge in [-0.2, -0.15) is 0 Å². The predicted molar refractivity (Wildman–Crippen MR) is 135 cm³/mol. The van der Waals surface area contributed by atoms with Crippen molar-refractivity contribution in [1.82, 2.24) is 20.2 Å². The second-order valence-corrected chi connectivity index (χ2v) is 9.89. The van der Waals surface area contributed by atoms with Crippen molar-refractivity contribution in [2.75, 3.05) is 37.8 Å². The lowest BCUT2D eigenvalue weighted by molar-refractivity contribution is -0.113. The van der Waals surface area contributed by atoms with Gasteiger partial charge in [0, 0.05) is 42.7 Å². The summed E-state index contributed by atoms with van der Waals surface area (Å²) in [6.45, 7) is 2.12. The van der Waals surface area contributed by atoms with Crippen molar-refractivity contribution in [3.05, 3.63) is 53.7 Å². The molecule has 0 spiro atoms. The quantitative estimate of drug-likeness (QED) is 0.390. The Hall–Kier alpha value is -2.76. The summed E-state index contributed by atoms with van der Waals surface area (Å²) in [5.41, 5.74) is 2.29. The number of hydrogen-bond donors (Lipinski definition) is 4. The SMILES string of the molecule is COc1ccc2cccc(C(O)CN3CC[C@@H](NCc4ccc5c(n4)NC(=O)CS5)[C@H](O)C3)c2n1. The number of amides is 1. The van der Waals surface area contributed by atoms with Crippen LogP contribution in [-0.2, 0) is 11.3 Å². The molecule has 2 aliphatic rings. The van der Waals surface area contributed by atoms with Gasteiger partial charge in [-0.1, -0.05) is 18.2 Å². The maximum atomic E-state index is 11.6. The molecule has 1 saturated heterocycles. The maximum absolute atomic E-state index is 11.6. The van der Waals surface area contributed by atoms with Gasteiger partial charge in [0.2, 0.25) is 11.8 Å². The number of carbonyl (C=O) groups excluding carboxylic acids is 1. The first-order valence-corrected chi connectivity index (χ1v) is 12.7. The molecule has 2 aliphatic heterocycles. The molecule has 9 nitrogen and oxygen atoms in total. The first-order chi connectivity index (χ1) is 17.0. The van der Waals surface area contributed by atoms with Crippen molar-refractivity contribution in [3.63, 3.8) is 0 Å². The Bertz CT molecular complexity index is 1230. The highest BCUT2D eigenvalue weighted by molar-refractivity contribution is 8.00. The summed E-state index contributed by atoms with van der Waals surface area (Å²) in [6.07, 6.45) is -0.565. The van der Waals surface area contributed by atoms with E-state index in [1.807, 2.05) is 36.4 Å². The summed E-state index contributed by atoms with van der Waals surface area (Å²) in [7, 11) is 1.57. The number of fused-ring (bicyclic) bond motifs is 2. The number of ether oxygens (including phenoxy) is 1. The van der Waals surface area contributed by atoms with E-state index >= 15 is 0 Å². The molecule has 1 amide bonds. The van der Waals surface area contributed by atoms with Gasteiger partial charge >= 0.3 is 0 Å². The van der Waals surface area contributed by atoms with E-state index in [4.69, 9.17) is 4.74 Å². The number of thioether (sulfide) groups is 1. The molecule has 0 saturated carbocycles. The number of nitrogens with one attached hydrogen (secondary N) is 2. The molecule has 0 radical (unpaired) electrons. The average molecular weight is 496 g/mol. The van der Waals surface area contributed by atoms with E-state index in [0.717, 1.165) is 40.0 Å². The minimum Gasteiger partial charge on any atom is -0.481 e. The number of rotatable bonds is 7. The molecule has 1 aromatic carbocycles. The molecule has 1 unspecified atom stereocenters.